The lowest BCUT2D eigenvalue weighted by atomic mass is 9.96. The van der Waals surface area contributed by atoms with Gasteiger partial charge < -0.3 is 5.84 Å². The predicted octanol–water partition coefficient (Wildman–Crippen LogP) is 3.13. The molecule has 1 unspecified atom stereocenters. The first-order chi connectivity index (χ1) is 10.0. The lowest BCUT2D eigenvalue weighted by Gasteiger charge is -2.18. The number of rotatable bonds is 5. The molecule has 2 rings (SSSR count). The monoisotopic (exact) mass is 283 g/mol. The normalized spacial score (nSPS) is 12.9. The zero-order valence-electron chi connectivity index (χ0n) is 12.5. The molecule has 0 fully saturated rings. The molecule has 0 aliphatic carbocycles. The van der Waals surface area contributed by atoms with Gasteiger partial charge in [-0.3, -0.25) is 4.79 Å². The molecule has 0 saturated carbocycles. The van der Waals surface area contributed by atoms with Gasteiger partial charge in [-0.25, -0.2) is 9.66 Å². The van der Waals surface area contributed by atoms with Crippen molar-refractivity contribution in [3.63, 3.8) is 0 Å². The highest BCUT2D eigenvalue weighted by Gasteiger charge is 2.18. The zero-order valence-corrected chi connectivity index (χ0v) is 12.5. The molecule has 0 bridgehead atoms. The van der Waals surface area contributed by atoms with Crippen LogP contribution in [-0.2, 0) is 0 Å². The average Bonchev–Trinajstić information content (AvgIpc) is 2.47. The Hall–Kier alpha value is -2.36. The first kappa shape index (κ1) is 15.0. The highest BCUT2D eigenvalue weighted by atomic mass is 16.1. The van der Waals surface area contributed by atoms with Crippen molar-refractivity contribution in [2.75, 3.05) is 5.84 Å². The molecular formula is C17H21N3O. The van der Waals surface area contributed by atoms with E-state index in [4.69, 9.17) is 5.84 Å². The van der Waals surface area contributed by atoms with Crippen LogP contribution < -0.4 is 11.4 Å². The smallest absolute Gasteiger partial charge is 0.279 e. The number of hydrogen-bond donors (Lipinski definition) is 1. The van der Waals surface area contributed by atoms with Gasteiger partial charge in [-0.2, -0.15) is 0 Å². The van der Waals surface area contributed by atoms with Crippen molar-refractivity contribution in [2.45, 2.75) is 32.6 Å². The molecule has 0 radical (unpaired) electrons. The van der Waals surface area contributed by atoms with Crippen molar-refractivity contribution in [3.8, 4) is 0 Å². The molecule has 1 aromatic carbocycles. The Morgan fingerprint density at radius 2 is 2.19 bits per heavy atom. The van der Waals surface area contributed by atoms with E-state index in [2.05, 4.69) is 17.6 Å². The summed E-state index contributed by atoms with van der Waals surface area (Å²) in [7, 11) is 0. The van der Waals surface area contributed by atoms with Gasteiger partial charge in [0.05, 0.1) is 10.9 Å². The number of fused-ring (bicyclic) bond motifs is 1. The van der Waals surface area contributed by atoms with E-state index in [9.17, 15) is 4.79 Å². The van der Waals surface area contributed by atoms with Crippen LogP contribution in [0.5, 0.6) is 0 Å². The summed E-state index contributed by atoms with van der Waals surface area (Å²) < 4.78 is 1.18. The van der Waals surface area contributed by atoms with E-state index in [0.717, 1.165) is 18.4 Å². The Morgan fingerprint density at radius 3 is 2.86 bits per heavy atom. The summed E-state index contributed by atoms with van der Waals surface area (Å²) >= 11 is 0. The fraction of sp³-hybridized carbons (Fsp3) is 0.294. The molecule has 2 N–H and O–H groups in total. The third-order valence-corrected chi connectivity index (χ3v) is 3.45. The molecule has 0 spiro atoms. The van der Waals surface area contributed by atoms with E-state index in [-0.39, 0.29) is 11.5 Å². The van der Waals surface area contributed by atoms with Crippen molar-refractivity contribution in [3.05, 3.63) is 64.7 Å². The Bertz CT molecular complexity index is 743. The van der Waals surface area contributed by atoms with Crippen molar-refractivity contribution < 1.29 is 0 Å². The third-order valence-electron chi connectivity index (χ3n) is 3.45. The minimum absolute atomic E-state index is 0.0565. The molecule has 0 aliphatic heterocycles. The van der Waals surface area contributed by atoms with Crippen molar-refractivity contribution in [1.82, 2.24) is 9.66 Å². The summed E-state index contributed by atoms with van der Waals surface area (Å²) in [5, 5.41) is 0.545. The Morgan fingerprint density at radius 1 is 1.48 bits per heavy atom. The molecule has 110 valence electrons. The van der Waals surface area contributed by atoms with Gasteiger partial charge in [0.25, 0.3) is 5.56 Å². The number of allylic oxidation sites excluding steroid dienone is 3. The number of hydrogen-bond acceptors (Lipinski definition) is 3. The van der Waals surface area contributed by atoms with Crippen molar-refractivity contribution >= 4 is 10.9 Å². The van der Waals surface area contributed by atoms with Gasteiger partial charge in [-0.15, -0.1) is 6.58 Å². The standard InChI is InChI=1S/C17H21N3O/c1-4-5-8-13(11-12(2)3)16-19-15-10-7-6-9-14(15)17(21)20(16)18/h4-7,9-10,13H,2,8,11,18H2,1,3H3. The molecule has 0 amide bonds. The Kier molecular flexibility index (Phi) is 4.58. The van der Waals surface area contributed by atoms with Crippen LogP contribution in [0.2, 0.25) is 0 Å². The third kappa shape index (κ3) is 3.21. The lowest BCUT2D eigenvalue weighted by molar-refractivity contribution is 0.608. The van der Waals surface area contributed by atoms with Crippen LogP contribution in [0.1, 0.15) is 38.4 Å². The van der Waals surface area contributed by atoms with Crippen LogP contribution in [0.25, 0.3) is 10.9 Å². The van der Waals surface area contributed by atoms with E-state index >= 15 is 0 Å². The van der Waals surface area contributed by atoms with E-state index < -0.39 is 0 Å². The van der Waals surface area contributed by atoms with Crippen LogP contribution in [0.3, 0.4) is 0 Å². The molecule has 4 nitrogen and oxygen atoms in total. The molecule has 1 atom stereocenters. The Balaban J connectivity index is 2.58. The molecule has 1 heterocycles. The van der Waals surface area contributed by atoms with Gasteiger partial charge in [0.2, 0.25) is 0 Å². The average molecular weight is 283 g/mol. The van der Waals surface area contributed by atoms with Crippen molar-refractivity contribution in [2.24, 2.45) is 0 Å². The number of nitrogens with two attached hydrogens (primary N) is 1. The van der Waals surface area contributed by atoms with Gasteiger partial charge in [0, 0.05) is 5.92 Å². The fourth-order valence-corrected chi connectivity index (χ4v) is 2.45. The Labute approximate surface area is 124 Å². The number of benzene rings is 1. The molecule has 4 heteroatoms. The zero-order chi connectivity index (χ0) is 15.4. The number of aromatic nitrogens is 2. The lowest BCUT2D eigenvalue weighted by Crippen LogP contribution is -2.33. The van der Waals surface area contributed by atoms with Gasteiger partial charge in [-0.05, 0) is 38.8 Å². The first-order valence-electron chi connectivity index (χ1n) is 7.07. The number of para-hydroxylation sites is 1. The van der Waals surface area contributed by atoms with Gasteiger partial charge >= 0.3 is 0 Å². The summed E-state index contributed by atoms with van der Waals surface area (Å²) in [6.07, 6.45) is 5.60. The van der Waals surface area contributed by atoms with Crippen LogP contribution >= 0.6 is 0 Å². The molecule has 1 aromatic heterocycles. The topological polar surface area (TPSA) is 60.9 Å². The molecule has 0 aliphatic rings. The summed E-state index contributed by atoms with van der Waals surface area (Å²) in [5.41, 5.74) is 1.53. The molecular weight excluding hydrogens is 262 g/mol. The molecule has 0 saturated heterocycles. The maximum atomic E-state index is 12.4. The van der Waals surface area contributed by atoms with Gasteiger partial charge in [0.15, 0.2) is 0 Å². The van der Waals surface area contributed by atoms with E-state index in [1.807, 2.05) is 38.1 Å². The SMILES string of the molecule is C=C(C)CC(CC=CC)c1nc2ccccc2c(=O)n1N. The summed E-state index contributed by atoms with van der Waals surface area (Å²) in [4.78, 5) is 17.0. The summed E-state index contributed by atoms with van der Waals surface area (Å²) in [6, 6.07) is 7.28. The van der Waals surface area contributed by atoms with Crippen LogP contribution in [0.15, 0.2) is 53.4 Å². The summed E-state index contributed by atoms with van der Waals surface area (Å²) in [6.45, 7) is 7.91. The minimum Gasteiger partial charge on any atom is -0.335 e. The second-order valence-electron chi connectivity index (χ2n) is 5.33. The van der Waals surface area contributed by atoms with E-state index in [1.54, 1.807) is 6.07 Å². The van der Waals surface area contributed by atoms with E-state index in [1.165, 1.54) is 4.68 Å². The number of nitrogens with zero attached hydrogens (tertiary/aromatic N) is 2. The van der Waals surface area contributed by atoms with Crippen LogP contribution in [0, 0.1) is 0 Å². The van der Waals surface area contributed by atoms with Crippen LogP contribution in [0.4, 0.5) is 0 Å². The van der Waals surface area contributed by atoms with Crippen molar-refractivity contribution in [1.29, 1.82) is 0 Å². The highest BCUT2D eigenvalue weighted by molar-refractivity contribution is 5.77. The highest BCUT2D eigenvalue weighted by Crippen LogP contribution is 2.25. The van der Waals surface area contributed by atoms with Crippen LogP contribution in [-0.4, -0.2) is 9.66 Å². The maximum Gasteiger partial charge on any atom is 0.279 e. The molecule has 2 aromatic rings. The van der Waals surface area contributed by atoms with E-state index in [0.29, 0.717) is 16.7 Å². The minimum atomic E-state index is -0.206. The summed E-state index contributed by atoms with van der Waals surface area (Å²) in [5.74, 6) is 6.65. The predicted molar refractivity (Wildman–Crippen MR) is 87.8 cm³/mol. The van der Waals surface area contributed by atoms with Gasteiger partial charge in [0.1, 0.15) is 5.82 Å². The first-order valence-corrected chi connectivity index (χ1v) is 7.07. The largest absolute Gasteiger partial charge is 0.335 e. The van der Waals surface area contributed by atoms with Gasteiger partial charge in [-0.1, -0.05) is 29.9 Å². The second-order valence-corrected chi connectivity index (χ2v) is 5.33. The molecule has 21 heavy (non-hydrogen) atoms. The second kappa shape index (κ2) is 6.39. The quantitative estimate of drug-likeness (QED) is 0.677. The number of nitrogen functional groups attached to an aromatic ring is 1. The fourth-order valence-electron chi connectivity index (χ4n) is 2.45. The maximum absolute atomic E-state index is 12.4.